The zero-order chi connectivity index (χ0) is 31.3. The molecule has 0 fully saturated rings. The van der Waals surface area contributed by atoms with Gasteiger partial charge in [0, 0.05) is 16.7 Å². The summed E-state index contributed by atoms with van der Waals surface area (Å²) in [5.74, 6) is 2.64. The number of anilines is 1. The molecule has 10 nitrogen and oxygen atoms in total. The Kier molecular flexibility index (Phi) is 8.79. The summed E-state index contributed by atoms with van der Waals surface area (Å²) >= 11 is 1.46. The molecular formula is C34H32N4O6S. The van der Waals surface area contributed by atoms with Crippen LogP contribution in [0.15, 0.2) is 95.6 Å². The normalized spacial score (nSPS) is 14.4. The van der Waals surface area contributed by atoms with E-state index >= 15 is 0 Å². The number of methoxy groups -OCH3 is 3. The monoisotopic (exact) mass is 624 g/mol. The molecule has 2 amide bonds. The standard InChI is InChI=1S/C34H32N4O6S/c1-41-24-13-11-23(12-14-24)38-34-31(32(36-38)22-8-5-4-6-9-22)33(27-18-25(42-2)15-16-28(27)43-3)45-21-30(40)37(34)20-29(39)35-19-26-10-7-17-44-26/h4-18,33H,19-21H2,1-3H3,(H,35,39)/t33-/m0/s1. The van der Waals surface area contributed by atoms with E-state index in [9.17, 15) is 9.59 Å². The molecule has 2 aromatic heterocycles. The number of nitrogens with one attached hydrogen (secondary N) is 1. The van der Waals surface area contributed by atoms with Crippen LogP contribution in [0.4, 0.5) is 5.82 Å². The van der Waals surface area contributed by atoms with Crippen molar-refractivity contribution in [3.63, 3.8) is 0 Å². The summed E-state index contributed by atoms with van der Waals surface area (Å²) in [7, 11) is 4.84. The Hall–Kier alpha value is -5.16. The van der Waals surface area contributed by atoms with Crippen molar-refractivity contribution in [2.24, 2.45) is 0 Å². The third-order valence-corrected chi connectivity index (χ3v) is 8.75. The van der Waals surface area contributed by atoms with E-state index < -0.39 is 5.25 Å². The van der Waals surface area contributed by atoms with E-state index in [2.05, 4.69) is 5.32 Å². The van der Waals surface area contributed by atoms with Gasteiger partial charge >= 0.3 is 0 Å². The molecule has 45 heavy (non-hydrogen) atoms. The molecule has 5 aromatic rings. The van der Waals surface area contributed by atoms with Crippen LogP contribution in [0.5, 0.6) is 17.2 Å². The molecule has 6 rings (SSSR count). The maximum absolute atomic E-state index is 14.0. The molecule has 0 unspecified atom stereocenters. The number of hydrogen-bond acceptors (Lipinski definition) is 8. The van der Waals surface area contributed by atoms with Crippen LogP contribution in [0.1, 0.15) is 22.1 Å². The highest BCUT2D eigenvalue weighted by molar-refractivity contribution is 8.00. The smallest absolute Gasteiger partial charge is 0.240 e. The summed E-state index contributed by atoms with van der Waals surface area (Å²) in [5.41, 5.74) is 3.85. The van der Waals surface area contributed by atoms with Gasteiger partial charge in [0.15, 0.2) is 0 Å². The lowest BCUT2D eigenvalue weighted by atomic mass is 9.98. The predicted octanol–water partition coefficient (Wildman–Crippen LogP) is 5.64. The lowest BCUT2D eigenvalue weighted by molar-refractivity contribution is -0.123. The van der Waals surface area contributed by atoms with Crippen molar-refractivity contribution >= 4 is 29.4 Å². The van der Waals surface area contributed by atoms with E-state index in [1.165, 1.54) is 16.7 Å². The molecular weight excluding hydrogens is 592 g/mol. The number of carbonyl (C=O) groups is 2. The van der Waals surface area contributed by atoms with Gasteiger partial charge in [-0.3, -0.25) is 14.5 Å². The van der Waals surface area contributed by atoms with E-state index in [-0.39, 0.29) is 30.7 Å². The van der Waals surface area contributed by atoms with Crippen LogP contribution >= 0.6 is 11.8 Å². The van der Waals surface area contributed by atoms with Gasteiger partial charge in [0.2, 0.25) is 11.8 Å². The van der Waals surface area contributed by atoms with E-state index in [0.717, 1.165) is 16.7 Å². The Morgan fingerprint density at radius 1 is 0.956 bits per heavy atom. The third kappa shape index (κ3) is 6.12. The van der Waals surface area contributed by atoms with Crippen molar-refractivity contribution in [3.05, 3.63) is 108 Å². The van der Waals surface area contributed by atoms with Gasteiger partial charge in [0.25, 0.3) is 0 Å². The summed E-state index contributed by atoms with van der Waals surface area (Å²) in [4.78, 5) is 28.9. The minimum atomic E-state index is -0.396. The topological polar surface area (TPSA) is 108 Å². The van der Waals surface area contributed by atoms with Gasteiger partial charge in [-0.05, 0) is 54.6 Å². The van der Waals surface area contributed by atoms with Crippen LogP contribution in [-0.2, 0) is 16.1 Å². The summed E-state index contributed by atoms with van der Waals surface area (Å²) < 4.78 is 23.9. The van der Waals surface area contributed by atoms with Crippen molar-refractivity contribution in [3.8, 4) is 34.2 Å². The van der Waals surface area contributed by atoms with Crippen molar-refractivity contribution < 1.29 is 28.2 Å². The molecule has 0 bridgehead atoms. The average molecular weight is 625 g/mol. The number of furan rings is 1. The lowest BCUT2D eigenvalue weighted by Gasteiger charge is -2.23. The quantitative estimate of drug-likeness (QED) is 0.213. The van der Waals surface area contributed by atoms with Crippen LogP contribution < -0.4 is 24.4 Å². The molecule has 1 aliphatic heterocycles. The Bertz CT molecular complexity index is 1790. The number of benzene rings is 3. The number of aromatic nitrogens is 2. The highest BCUT2D eigenvalue weighted by atomic mass is 32.2. The van der Waals surface area contributed by atoms with Crippen LogP contribution in [0.3, 0.4) is 0 Å². The predicted molar refractivity (Wildman–Crippen MR) is 172 cm³/mol. The van der Waals surface area contributed by atoms with Crippen molar-refractivity contribution in [2.75, 3.05) is 38.5 Å². The molecule has 3 aromatic carbocycles. The first-order chi connectivity index (χ1) is 22.0. The van der Waals surface area contributed by atoms with Gasteiger partial charge in [0.05, 0.1) is 56.5 Å². The van der Waals surface area contributed by atoms with Gasteiger partial charge < -0.3 is 23.9 Å². The molecule has 0 spiro atoms. The van der Waals surface area contributed by atoms with Gasteiger partial charge in [-0.25, -0.2) is 4.68 Å². The first kappa shape index (κ1) is 29.9. The Morgan fingerprint density at radius 2 is 1.71 bits per heavy atom. The summed E-state index contributed by atoms with van der Waals surface area (Å²) in [6, 6.07) is 26.4. The highest BCUT2D eigenvalue weighted by Crippen LogP contribution is 2.51. The minimum Gasteiger partial charge on any atom is -0.497 e. The number of amides is 2. The van der Waals surface area contributed by atoms with Crippen LogP contribution in [0, 0.1) is 0 Å². The third-order valence-electron chi connectivity index (χ3n) is 7.51. The molecule has 0 saturated heterocycles. The number of nitrogens with zero attached hydrogens (tertiary/aromatic N) is 3. The molecule has 1 N–H and O–H groups in total. The summed E-state index contributed by atoms with van der Waals surface area (Å²) in [6.45, 7) is -0.0166. The Balaban J connectivity index is 1.57. The van der Waals surface area contributed by atoms with Crippen molar-refractivity contribution in [1.82, 2.24) is 15.1 Å². The number of fused-ring (bicyclic) bond motifs is 1. The second-order valence-corrected chi connectivity index (χ2v) is 11.3. The number of hydrogen-bond donors (Lipinski definition) is 1. The van der Waals surface area contributed by atoms with Crippen molar-refractivity contribution in [1.29, 1.82) is 0 Å². The van der Waals surface area contributed by atoms with Gasteiger partial charge in [0.1, 0.15) is 35.4 Å². The van der Waals surface area contributed by atoms with Crippen LogP contribution in [0.25, 0.3) is 16.9 Å². The van der Waals surface area contributed by atoms with Crippen LogP contribution in [-0.4, -0.2) is 55.2 Å². The maximum atomic E-state index is 14.0. The first-order valence-corrected chi connectivity index (χ1v) is 15.3. The van der Waals surface area contributed by atoms with Crippen LogP contribution in [0.2, 0.25) is 0 Å². The molecule has 0 saturated carbocycles. The zero-order valence-electron chi connectivity index (χ0n) is 25.1. The Morgan fingerprint density at radius 3 is 2.40 bits per heavy atom. The molecule has 1 aliphatic rings. The second-order valence-electron chi connectivity index (χ2n) is 10.2. The maximum Gasteiger partial charge on any atom is 0.240 e. The number of rotatable bonds is 10. The summed E-state index contributed by atoms with van der Waals surface area (Å²) in [6.07, 6.45) is 1.55. The fourth-order valence-corrected chi connectivity index (χ4v) is 6.53. The summed E-state index contributed by atoms with van der Waals surface area (Å²) in [5, 5.41) is 7.61. The lowest BCUT2D eigenvalue weighted by Crippen LogP contribution is -2.42. The van der Waals surface area contributed by atoms with Crippen molar-refractivity contribution in [2.45, 2.75) is 11.8 Å². The molecule has 1 atom stereocenters. The van der Waals surface area contributed by atoms with E-state index in [4.69, 9.17) is 23.7 Å². The molecule has 11 heteroatoms. The van der Waals surface area contributed by atoms with Gasteiger partial charge in [-0.1, -0.05) is 30.3 Å². The van der Waals surface area contributed by atoms with E-state index in [1.54, 1.807) is 44.4 Å². The Labute approximate surface area is 264 Å². The highest BCUT2D eigenvalue weighted by Gasteiger charge is 2.38. The molecule has 0 aliphatic carbocycles. The number of carbonyl (C=O) groups excluding carboxylic acids is 2. The second kappa shape index (κ2) is 13.2. The number of ether oxygens (including phenoxy) is 3. The minimum absolute atomic E-state index is 0.113. The molecule has 0 radical (unpaired) electrons. The average Bonchev–Trinajstić information content (AvgIpc) is 3.72. The number of thioether (sulfide) groups is 1. The fraction of sp³-hybridized carbons (Fsp3) is 0.206. The fourth-order valence-electron chi connectivity index (χ4n) is 5.32. The van der Waals surface area contributed by atoms with E-state index in [0.29, 0.717) is 40.2 Å². The van der Waals surface area contributed by atoms with Gasteiger partial charge in [-0.2, -0.15) is 5.10 Å². The molecule has 230 valence electrons. The molecule has 3 heterocycles. The van der Waals surface area contributed by atoms with E-state index in [1.807, 2.05) is 72.8 Å². The van der Waals surface area contributed by atoms with Gasteiger partial charge in [-0.15, -0.1) is 11.8 Å². The largest absolute Gasteiger partial charge is 0.497 e. The SMILES string of the molecule is COc1ccc(-n2nc(-c3ccccc3)c3c2N(CC(=O)NCc2ccco2)C(=O)CS[C@H]3c2cc(OC)ccc2OC)cc1. The zero-order valence-corrected chi connectivity index (χ0v) is 25.9. The first-order valence-electron chi connectivity index (χ1n) is 14.3.